The molecule has 0 fully saturated rings. The molecule has 2 aliphatic carbocycles. The molecule has 0 aliphatic heterocycles. The maximum Gasteiger partial charge on any atom is 0.327 e. The van der Waals surface area contributed by atoms with E-state index in [0.29, 0.717) is 0 Å². The van der Waals surface area contributed by atoms with Gasteiger partial charge in [-0.2, -0.15) is 0 Å². The Morgan fingerprint density at radius 3 is 1.83 bits per heavy atom. The lowest BCUT2D eigenvalue weighted by molar-refractivity contribution is -0.131. The highest BCUT2D eigenvalue weighted by atomic mass is 16.5. The van der Waals surface area contributed by atoms with Crippen LogP contribution < -0.4 is 0 Å². The summed E-state index contributed by atoms with van der Waals surface area (Å²) < 4.78 is 5.85. The third kappa shape index (κ3) is 6.28. The first-order valence-electron chi connectivity index (χ1n) is 6.63. The van der Waals surface area contributed by atoms with Crippen molar-refractivity contribution < 1.29 is 14.6 Å². The fraction of sp³-hybridized carbons (Fsp3) is 0.533. The van der Waals surface area contributed by atoms with Crippen molar-refractivity contribution in [2.75, 3.05) is 0 Å². The molecule has 0 radical (unpaired) electrons. The number of allylic oxidation sites excluding steroid dienone is 4. The van der Waals surface area contributed by atoms with Crippen molar-refractivity contribution >= 4 is 5.97 Å². The van der Waals surface area contributed by atoms with Crippen LogP contribution in [0, 0.1) is 0 Å². The van der Waals surface area contributed by atoms with Crippen LogP contribution >= 0.6 is 0 Å². The average molecular weight is 250 g/mol. The molecule has 100 valence electrons. The number of carboxylic acid groups (broad SMARTS) is 1. The Balaban J connectivity index is 0.000000280. The molecule has 3 nitrogen and oxygen atoms in total. The highest BCUT2D eigenvalue weighted by Gasteiger charge is 2.09. The molecule has 0 aromatic carbocycles. The predicted molar refractivity (Wildman–Crippen MR) is 72.0 cm³/mol. The summed E-state index contributed by atoms with van der Waals surface area (Å²) in [7, 11) is 0. The lowest BCUT2D eigenvalue weighted by Gasteiger charge is -2.18. The van der Waals surface area contributed by atoms with Crippen LogP contribution in [0.3, 0.4) is 0 Å². The molecular weight excluding hydrogens is 228 g/mol. The number of hydrogen-bond acceptors (Lipinski definition) is 2. The van der Waals surface area contributed by atoms with Crippen molar-refractivity contribution in [1.82, 2.24) is 0 Å². The Morgan fingerprint density at radius 1 is 1.11 bits per heavy atom. The first-order chi connectivity index (χ1) is 8.72. The zero-order valence-corrected chi connectivity index (χ0v) is 10.9. The van der Waals surface area contributed by atoms with E-state index in [1.165, 1.54) is 50.0 Å². The number of ether oxygens (including phenoxy) is 1. The highest BCUT2D eigenvalue weighted by molar-refractivity contribution is 5.78. The fourth-order valence-electron chi connectivity index (χ4n) is 1.97. The molecule has 2 aliphatic rings. The van der Waals surface area contributed by atoms with Gasteiger partial charge in [0.15, 0.2) is 0 Å². The molecule has 0 bridgehead atoms. The van der Waals surface area contributed by atoms with Crippen molar-refractivity contribution in [2.24, 2.45) is 0 Å². The predicted octanol–water partition coefficient (Wildman–Crippen LogP) is 4.18. The molecule has 0 atom stereocenters. The van der Waals surface area contributed by atoms with Crippen molar-refractivity contribution in [3.05, 3.63) is 36.3 Å². The van der Waals surface area contributed by atoms with Crippen LogP contribution in [0.1, 0.15) is 51.4 Å². The van der Waals surface area contributed by atoms with Gasteiger partial charge in [0, 0.05) is 18.9 Å². The molecule has 0 aromatic rings. The summed E-state index contributed by atoms with van der Waals surface area (Å²) in [5, 5.41) is 7.60. The van der Waals surface area contributed by atoms with Crippen molar-refractivity contribution in [3.8, 4) is 0 Å². The molecule has 2 rings (SSSR count). The van der Waals surface area contributed by atoms with E-state index in [2.05, 4.69) is 18.7 Å². The van der Waals surface area contributed by atoms with Gasteiger partial charge in [-0.1, -0.05) is 6.58 Å². The fourth-order valence-corrected chi connectivity index (χ4v) is 1.97. The SMILES string of the molecule is C1=C(OC2=CCCCC2)CCCC1.C=CC(=O)O. The van der Waals surface area contributed by atoms with E-state index < -0.39 is 5.97 Å². The van der Waals surface area contributed by atoms with Gasteiger partial charge < -0.3 is 9.84 Å². The summed E-state index contributed by atoms with van der Waals surface area (Å²) in [5.41, 5.74) is 0. The Hall–Kier alpha value is -1.51. The molecule has 3 heteroatoms. The van der Waals surface area contributed by atoms with Gasteiger partial charge in [0.1, 0.15) is 0 Å². The van der Waals surface area contributed by atoms with E-state index in [1.54, 1.807) is 0 Å². The normalized spacial score (nSPS) is 18.7. The summed E-state index contributed by atoms with van der Waals surface area (Å²) in [6.45, 7) is 2.96. The molecule has 0 aromatic heterocycles. The summed E-state index contributed by atoms with van der Waals surface area (Å²) in [4.78, 5) is 9.25. The van der Waals surface area contributed by atoms with Gasteiger partial charge in [-0.25, -0.2) is 4.79 Å². The van der Waals surface area contributed by atoms with Gasteiger partial charge in [-0.3, -0.25) is 0 Å². The first-order valence-corrected chi connectivity index (χ1v) is 6.63. The molecule has 0 heterocycles. The maximum absolute atomic E-state index is 9.25. The molecule has 0 spiro atoms. The molecule has 0 amide bonds. The van der Waals surface area contributed by atoms with Gasteiger partial charge in [0.2, 0.25) is 0 Å². The van der Waals surface area contributed by atoms with Gasteiger partial charge in [0.05, 0.1) is 11.5 Å². The molecule has 0 saturated heterocycles. The van der Waals surface area contributed by atoms with Crippen molar-refractivity contribution in [3.63, 3.8) is 0 Å². The largest absolute Gasteiger partial charge is 0.478 e. The summed E-state index contributed by atoms with van der Waals surface area (Å²) in [6.07, 6.45) is 15.4. The van der Waals surface area contributed by atoms with Gasteiger partial charge in [-0.15, -0.1) is 0 Å². The summed E-state index contributed by atoms with van der Waals surface area (Å²) >= 11 is 0. The Bertz CT molecular complexity index is 316. The topological polar surface area (TPSA) is 46.5 Å². The third-order valence-corrected chi connectivity index (χ3v) is 2.94. The van der Waals surface area contributed by atoms with Crippen LogP contribution in [0.25, 0.3) is 0 Å². The van der Waals surface area contributed by atoms with Crippen LogP contribution in [0.15, 0.2) is 36.3 Å². The van der Waals surface area contributed by atoms with E-state index in [4.69, 9.17) is 9.84 Å². The monoisotopic (exact) mass is 250 g/mol. The van der Waals surface area contributed by atoms with Gasteiger partial charge in [0.25, 0.3) is 0 Å². The van der Waals surface area contributed by atoms with E-state index in [-0.39, 0.29) is 0 Å². The Kier molecular flexibility index (Phi) is 6.92. The number of carboxylic acids is 1. The second-order valence-corrected chi connectivity index (χ2v) is 4.48. The highest BCUT2D eigenvalue weighted by Crippen LogP contribution is 2.25. The minimum absolute atomic E-state index is 0.833. The van der Waals surface area contributed by atoms with E-state index in [9.17, 15) is 4.79 Å². The zero-order chi connectivity index (χ0) is 13.2. The number of hydrogen-bond donors (Lipinski definition) is 1. The standard InChI is InChI=1S/C12H18O.C3H4O2/c1-3-7-11(8-4-1)13-12-9-5-2-6-10-12;1-2-3(4)5/h7,9H,1-6,8,10H2;2H,1H2,(H,4,5). The van der Waals surface area contributed by atoms with E-state index >= 15 is 0 Å². The third-order valence-electron chi connectivity index (χ3n) is 2.94. The van der Waals surface area contributed by atoms with Gasteiger partial charge in [-0.05, 0) is 50.7 Å². The number of aliphatic carboxylic acids is 1. The molecular formula is C15H22O3. The van der Waals surface area contributed by atoms with E-state index in [1.807, 2.05) is 0 Å². The van der Waals surface area contributed by atoms with Crippen LogP contribution in [-0.2, 0) is 9.53 Å². The molecule has 18 heavy (non-hydrogen) atoms. The van der Waals surface area contributed by atoms with Crippen LogP contribution in [-0.4, -0.2) is 11.1 Å². The maximum atomic E-state index is 9.25. The second-order valence-electron chi connectivity index (χ2n) is 4.48. The van der Waals surface area contributed by atoms with Crippen LogP contribution in [0.2, 0.25) is 0 Å². The summed E-state index contributed by atoms with van der Waals surface area (Å²) in [5.74, 6) is 1.46. The quantitative estimate of drug-likeness (QED) is 0.764. The minimum atomic E-state index is -0.981. The minimum Gasteiger partial charge on any atom is -0.478 e. The van der Waals surface area contributed by atoms with Crippen LogP contribution in [0.4, 0.5) is 0 Å². The molecule has 0 unspecified atom stereocenters. The van der Waals surface area contributed by atoms with Crippen LogP contribution in [0.5, 0.6) is 0 Å². The Morgan fingerprint density at radius 2 is 1.56 bits per heavy atom. The Labute approximate surface area is 109 Å². The molecule has 0 saturated carbocycles. The summed E-state index contributed by atoms with van der Waals surface area (Å²) in [6, 6.07) is 0. The lowest BCUT2D eigenvalue weighted by atomic mass is 10.0. The smallest absolute Gasteiger partial charge is 0.327 e. The van der Waals surface area contributed by atoms with E-state index in [0.717, 1.165) is 18.9 Å². The number of carbonyl (C=O) groups is 1. The second kappa shape index (κ2) is 8.56. The zero-order valence-electron chi connectivity index (χ0n) is 10.9. The molecule has 1 N–H and O–H groups in total. The first kappa shape index (κ1) is 14.6. The average Bonchev–Trinajstić information content (AvgIpc) is 2.42. The van der Waals surface area contributed by atoms with Gasteiger partial charge >= 0.3 is 5.97 Å². The van der Waals surface area contributed by atoms with Crippen molar-refractivity contribution in [1.29, 1.82) is 0 Å². The lowest BCUT2D eigenvalue weighted by Crippen LogP contribution is -2.00. The van der Waals surface area contributed by atoms with Crippen molar-refractivity contribution in [2.45, 2.75) is 51.4 Å². The number of rotatable bonds is 3.